The molecule has 1 aliphatic rings. The zero-order chi connectivity index (χ0) is 13.1. The first-order valence-corrected chi connectivity index (χ1v) is 7.13. The van der Waals surface area contributed by atoms with E-state index in [1.165, 1.54) is 24.0 Å². The van der Waals surface area contributed by atoms with E-state index in [1.807, 2.05) is 0 Å². The SMILES string of the molecule is CCC1Cc2cc(CN(C)C)ccc2CN1CC. The molecule has 0 amide bonds. The van der Waals surface area contributed by atoms with Gasteiger partial charge in [0.25, 0.3) is 0 Å². The second kappa shape index (κ2) is 5.85. The van der Waals surface area contributed by atoms with E-state index >= 15 is 0 Å². The lowest BCUT2D eigenvalue weighted by molar-refractivity contribution is 0.176. The summed E-state index contributed by atoms with van der Waals surface area (Å²) in [5.74, 6) is 0. The molecule has 1 aliphatic heterocycles. The number of fused-ring (bicyclic) bond motifs is 1. The minimum Gasteiger partial charge on any atom is -0.305 e. The van der Waals surface area contributed by atoms with Crippen molar-refractivity contribution in [1.29, 1.82) is 0 Å². The molecule has 2 rings (SSSR count). The molecule has 1 atom stereocenters. The summed E-state index contributed by atoms with van der Waals surface area (Å²) in [4.78, 5) is 4.84. The molecule has 0 saturated carbocycles. The fourth-order valence-electron chi connectivity index (χ4n) is 2.99. The molecule has 1 aromatic carbocycles. The standard InChI is InChI=1S/C16H26N2/c1-5-16-10-15-9-13(11-17(3)4)7-8-14(15)12-18(16)6-2/h7-9,16H,5-6,10-12H2,1-4H3. The second-order valence-corrected chi connectivity index (χ2v) is 5.67. The Bertz CT molecular complexity index is 398. The van der Waals surface area contributed by atoms with Gasteiger partial charge in [0.2, 0.25) is 0 Å². The van der Waals surface area contributed by atoms with Gasteiger partial charge in [0.05, 0.1) is 0 Å². The monoisotopic (exact) mass is 246 g/mol. The maximum Gasteiger partial charge on any atom is 0.0239 e. The number of likely N-dealkylation sites (N-methyl/N-ethyl adjacent to an activating group) is 1. The minimum atomic E-state index is 0.733. The van der Waals surface area contributed by atoms with Crippen molar-refractivity contribution in [2.45, 2.75) is 45.8 Å². The molecule has 0 aliphatic carbocycles. The molecule has 2 heteroatoms. The lowest BCUT2D eigenvalue weighted by Crippen LogP contribution is -2.39. The normalized spacial score (nSPS) is 20.2. The average molecular weight is 246 g/mol. The summed E-state index contributed by atoms with van der Waals surface area (Å²) >= 11 is 0. The molecule has 0 fully saturated rings. The summed E-state index contributed by atoms with van der Waals surface area (Å²) < 4.78 is 0. The van der Waals surface area contributed by atoms with Crippen LogP contribution in [0.5, 0.6) is 0 Å². The summed E-state index contributed by atoms with van der Waals surface area (Å²) in [6.45, 7) is 7.92. The maximum atomic E-state index is 2.61. The highest BCUT2D eigenvalue weighted by atomic mass is 15.2. The number of hydrogen-bond acceptors (Lipinski definition) is 2. The first-order valence-electron chi connectivity index (χ1n) is 7.13. The van der Waals surface area contributed by atoms with Crippen molar-refractivity contribution in [2.75, 3.05) is 20.6 Å². The summed E-state index contributed by atoms with van der Waals surface area (Å²) in [5, 5.41) is 0. The van der Waals surface area contributed by atoms with Crippen LogP contribution in [0, 0.1) is 0 Å². The molecule has 0 saturated heterocycles. The van der Waals surface area contributed by atoms with Gasteiger partial charge in [-0.15, -0.1) is 0 Å². The highest BCUT2D eigenvalue weighted by Gasteiger charge is 2.23. The molecule has 100 valence electrons. The van der Waals surface area contributed by atoms with Crippen LogP contribution < -0.4 is 0 Å². The lowest BCUT2D eigenvalue weighted by atomic mass is 9.91. The molecule has 0 spiro atoms. The van der Waals surface area contributed by atoms with Gasteiger partial charge in [0.15, 0.2) is 0 Å². The Morgan fingerprint density at radius 2 is 2.00 bits per heavy atom. The van der Waals surface area contributed by atoms with Gasteiger partial charge in [-0.25, -0.2) is 0 Å². The Balaban J connectivity index is 2.21. The third kappa shape index (κ3) is 2.93. The van der Waals surface area contributed by atoms with E-state index in [4.69, 9.17) is 0 Å². The number of benzene rings is 1. The fourth-order valence-corrected chi connectivity index (χ4v) is 2.99. The third-order valence-corrected chi connectivity index (χ3v) is 3.99. The van der Waals surface area contributed by atoms with Crippen LogP contribution in [0.2, 0.25) is 0 Å². The quantitative estimate of drug-likeness (QED) is 0.806. The van der Waals surface area contributed by atoms with Gasteiger partial charge in [0, 0.05) is 19.1 Å². The zero-order valence-corrected chi connectivity index (χ0v) is 12.2. The summed E-state index contributed by atoms with van der Waals surface area (Å²) in [7, 11) is 4.26. The molecule has 0 aromatic heterocycles. The van der Waals surface area contributed by atoms with Gasteiger partial charge in [-0.3, -0.25) is 4.90 Å². The molecular weight excluding hydrogens is 220 g/mol. The Morgan fingerprint density at radius 3 is 2.61 bits per heavy atom. The fraction of sp³-hybridized carbons (Fsp3) is 0.625. The number of hydrogen-bond donors (Lipinski definition) is 0. The molecule has 0 bridgehead atoms. The molecule has 1 aromatic rings. The van der Waals surface area contributed by atoms with Crippen molar-refractivity contribution in [2.24, 2.45) is 0 Å². The highest BCUT2D eigenvalue weighted by Crippen LogP contribution is 2.25. The van der Waals surface area contributed by atoms with Gasteiger partial charge in [0.1, 0.15) is 0 Å². The first-order chi connectivity index (χ1) is 8.63. The summed E-state index contributed by atoms with van der Waals surface area (Å²) in [6, 6.07) is 7.78. The van der Waals surface area contributed by atoms with Crippen molar-refractivity contribution in [3.8, 4) is 0 Å². The van der Waals surface area contributed by atoms with Crippen LogP contribution in [0.25, 0.3) is 0 Å². The molecule has 18 heavy (non-hydrogen) atoms. The molecule has 0 N–H and O–H groups in total. The number of rotatable bonds is 4. The average Bonchev–Trinajstić information content (AvgIpc) is 2.36. The Morgan fingerprint density at radius 1 is 1.22 bits per heavy atom. The topological polar surface area (TPSA) is 6.48 Å². The van der Waals surface area contributed by atoms with Crippen LogP contribution in [0.3, 0.4) is 0 Å². The molecular formula is C16H26N2. The van der Waals surface area contributed by atoms with Gasteiger partial charge < -0.3 is 4.90 Å². The van der Waals surface area contributed by atoms with Crippen molar-refractivity contribution < 1.29 is 0 Å². The van der Waals surface area contributed by atoms with Crippen LogP contribution in [0.1, 0.15) is 37.0 Å². The predicted molar refractivity (Wildman–Crippen MR) is 77.7 cm³/mol. The maximum absolute atomic E-state index is 2.61. The van der Waals surface area contributed by atoms with Crippen molar-refractivity contribution in [3.63, 3.8) is 0 Å². The third-order valence-electron chi connectivity index (χ3n) is 3.99. The zero-order valence-electron chi connectivity index (χ0n) is 12.2. The highest BCUT2D eigenvalue weighted by molar-refractivity contribution is 5.34. The van der Waals surface area contributed by atoms with Gasteiger partial charge in [-0.05, 0) is 50.2 Å². The van der Waals surface area contributed by atoms with Crippen molar-refractivity contribution >= 4 is 0 Å². The van der Waals surface area contributed by atoms with Crippen molar-refractivity contribution in [3.05, 3.63) is 34.9 Å². The van der Waals surface area contributed by atoms with E-state index in [1.54, 1.807) is 5.56 Å². The molecule has 2 nitrogen and oxygen atoms in total. The summed E-state index contributed by atoms with van der Waals surface area (Å²) in [5.41, 5.74) is 4.55. The number of nitrogens with zero attached hydrogens (tertiary/aromatic N) is 2. The van der Waals surface area contributed by atoms with Crippen molar-refractivity contribution in [1.82, 2.24) is 9.80 Å². The van der Waals surface area contributed by atoms with E-state index in [0.717, 1.165) is 25.7 Å². The van der Waals surface area contributed by atoms with Gasteiger partial charge in [-0.2, -0.15) is 0 Å². The lowest BCUT2D eigenvalue weighted by Gasteiger charge is -2.36. The summed E-state index contributed by atoms with van der Waals surface area (Å²) in [6.07, 6.45) is 2.48. The van der Waals surface area contributed by atoms with Gasteiger partial charge >= 0.3 is 0 Å². The second-order valence-electron chi connectivity index (χ2n) is 5.67. The Labute approximate surface area is 112 Å². The van der Waals surface area contributed by atoms with E-state index in [0.29, 0.717) is 0 Å². The van der Waals surface area contributed by atoms with E-state index in [9.17, 15) is 0 Å². The van der Waals surface area contributed by atoms with Crippen LogP contribution in [-0.4, -0.2) is 36.5 Å². The van der Waals surface area contributed by atoms with Crippen LogP contribution in [0.4, 0.5) is 0 Å². The van der Waals surface area contributed by atoms with E-state index < -0.39 is 0 Å². The van der Waals surface area contributed by atoms with Crippen LogP contribution in [0.15, 0.2) is 18.2 Å². The predicted octanol–water partition coefficient (Wildman–Crippen LogP) is 2.90. The molecule has 1 heterocycles. The molecule has 1 unspecified atom stereocenters. The van der Waals surface area contributed by atoms with Gasteiger partial charge in [-0.1, -0.05) is 32.0 Å². The van der Waals surface area contributed by atoms with E-state index in [2.05, 4.69) is 55.9 Å². The smallest absolute Gasteiger partial charge is 0.0239 e. The largest absolute Gasteiger partial charge is 0.305 e. The first kappa shape index (κ1) is 13.6. The Kier molecular flexibility index (Phi) is 4.41. The van der Waals surface area contributed by atoms with E-state index in [-0.39, 0.29) is 0 Å². The van der Waals surface area contributed by atoms with Crippen LogP contribution in [-0.2, 0) is 19.5 Å². The molecule has 0 radical (unpaired) electrons. The minimum absolute atomic E-state index is 0.733. The van der Waals surface area contributed by atoms with Crippen LogP contribution >= 0.6 is 0 Å². The Hall–Kier alpha value is -0.860.